The van der Waals surface area contributed by atoms with Gasteiger partial charge in [0.25, 0.3) is 5.91 Å². The van der Waals surface area contributed by atoms with Crippen LogP contribution >= 0.6 is 11.3 Å². The Kier molecular flexibility index (Phi) is 13.7. The van der Waals surface area contributed by atoms with Gasteiger partial charge in [0.05, 0.1) is 12.0 Å². The molecule has 54 heavy (non-hydrogen) atoms. The van der Waals surface area contributed by atoms with Crippen LogP contribution in [0.3, 0.4) is 0 Å². The van der Waals surface area contributed by atoms with Gasteiger partial charge in [-0.2, -0.15) is 0 Å². The molecule has 1 aromatic heterocycles. The summed E-state index contributed by atoms with van der Waals surface area (Å²) in [6.45, 7) is 8.92. The van der Waals surface area contributed by atoms with Gasteiger partial charge in [-0.05, 0) is 79.9 Å². The predicted molar refractivity (Wildman–Crippen MR) is 205 cm³/mol. The number of carbonyl (C=O) groups is 5. The molecule has 3 N–H and O–H groups in total. The zero-order valence-electron chi connectivity index (χ0n) is 31.7. The molecule has 0 spiro atoms. The van der Waals surface area contributed by atoms with Gasteiger partial charge in [-0.25, -0.2) is 9.37 Å². The van der Waals surface area contributed by atoms with Crippen molar-refractivity contribution in [3.05, 3.63) is 87.1 Å². The third-order valence-corrected chi connectivity index (χ3v) is 11.9. The molecule has 3 aromatic rings. The second-order valence-electron chi connectivity index (χ2n) is 15.1. The second-order valence-corrected chi connectivity index (χ2v) is 16.0. The molecular weight excluding hydrogens is 710 g/mol. The van der Waals surface area contributed by atoms with E-state index in [4.69, 9.17) is 0 Å². The first-order valence-corrected chi connectivity index (χ1v) is 19.8. The van der Waals surface area contributed by atoms with Crippen molar-refractivity contribution < 1.29 is 33.5 Å². The Morgan fingerprint density at radius 2 is 1.81 bits per heavy atom. The number of Topliss-reactive ketones (excluding diaryl/α,β-unsaturated/α-hetero) is 1. The van der Waals surface area contributed by atoms with Crippen LogP contribution < -0.4 is 10.6 Å². The number of hydrogen-bond donors (Lipinski definition) is 3. The van der Waals surface area contributed by atoms with Crippen LogP contribution in [0.5, 0.6) is 0 Å². The van der Waals surface area contributed by atoms with E-state index in [0.717, 1.165) is 42.7 Å². The van der Waals surface area contributed by atoms with Crippen LogP contribution in [0.4, 0.5) is 4.39 Å². The number of halogens is 1. The fraction of sp³-hybridized carbons (Fsp3) is 0.512. The maximum absolute atomic E-state index is 14.7. The number of nitrogens with zero attached hydrogens (tertiary/aromatic N) is 3. The fourth-order valence-corrected chi connectivity index (χ4v) is 8.33. The highest BCUT2D eigenvalue weighted by molar-refractivity contribution is 7.12. The number of rotatable bonds is 15. The number of aliphatic carboxylic acids is 1. The van der Waals surface area contributed by atoms with Crippen molar-refractivity contribution in [2.24, 2.45) is 11.8 Å². The molecule has 0 saturated carbocycles. The Labute approximate surface area is 320 Å². The summed E-state index contributed by atoms with van der Waals surface area (Å²) in [5, 5.41) is 17.4. The molecule has 6 atom stereocenters. The predicted octanol–water partition coefficient (Wildman–Crippen LogP) is 5.84. The number of aromatic nitrogens is 1. The normalized spacial score (nSPS) is 20.3. The van der Waals surface area contributed by atoms with E-state index in [-0.39, 0.29) is 65.6 Å². The van der Waals surface area contributed by atoms with Gasteiger partial charge < -0.3 is 20.6 Å². The van der Waals surface area contributed by atoms with Crippen LogP contribution in [0.25, 0.3) is 0 Å². The van der Waals surface area contributed by atoms with E-state index in [9.17, 15) is 33.5 Å². The number of thiazole rings is 1. The van der Waals surface area contributed by atoms with Crippen molar-refractivity contribution >= 4 is 40.8 Å². The van der Waals surface area contributed by atoms with Gasteiger partial charge in [-0.1, -0.05) is 76.9 Å². The Morgan fingerprint density at radius 3 is 2.48 bits per heavy atom. The minimum absolute atomic E-state index is 0.0330. The lowest BCUT2D eigenvalue weighted by molar-refractivity contribution is -0.142. The van der Waals surface area contributed by atoms with Gasteiger partial charge in [-0.3, -0.25) is 28.9 Å². The van der Waals surface area contributed by atoms with E-state index in [1.54, 1.807) is 11.0 Å². The molecule has 1 saturated heterocycles. The standard InChI is InChI=1S/C41H52FN5O6S/c1-6-25(4)36(45-38(50)33-14-10-11-17-46(33)5)40(51)47(22-26-12-8-7-9-13-26)34(24(2)3)21-35(48)39-44-32(23-54-39)37(49)43-29-18-27-15-16-28(42)19-30(27)31(20-29)41(52)53/h7-9,12-13,15-16,19,23-25,29,31,33-34,36H,6,10-11,14,17-18,20-22H2,1-5H3,(H,43,49)(H,45,50)(H,52,53)/t25?,29-,31+,33?,34+,36?/m0/s1. The minimum Gasteiger partial charge on any atom is -0.481 e. The van der Waals surface area contributed by atoms with E-state index in [1.165, 1.54) is 17.5 Å². The summed E-state index contributed by atoms with van der Waals surface area (Å²) in [4.78, 5) is 75.8. The average Bonchev–Trinajstić information content (AvgIpc) is 3.66. The number of carboxylic acid groups (broad SMARTS) is 1. The van der Waals surface area contributed by atoms with Crippen molar-refractivity contribution in [2.75, 3.05) is 13.6 Å². The van der Waals surface area contributed by atoms with E-state index >= 15 is 0 Å². The van der Waals surface area contributed by atoms with Gasteiger partial charge in [-0.15, -0.1) is 11.3 Å². The number of hydrogen-bond acceptors (Lipinski definition) is 8. The molecule has 1 fully saturated rings. The Hall–Kier alpha value is -4.49. The first-order chi connectivity index (χ1) is 25.8. The minimum atomic E-state index is -1.10. The summed E-state index contributed by atoms with van der Waals surface area (Å²) < 4.78 is 13.9. The molecule has 3 amide bonds. The van der Waals surface area contributed by atoms with Gasteiger partial charge >= 0.3 is 5.97 Å². The SMILES string of the molecule is CCC(C)C(NC(=O)C1CCCCN1C)C(=O)N(Cc1ccccc1)[C@H](CC(=O)c1nc(C(=O)N[C@H]2Cc3ccc(F)cc3[C@H](C(=O)O)C2)cs1)C(C)C. The molecule has 2 heterocycles. The van der Waals surface area contributed by atoms with Crippen LogP contribution in [-0.4, -0.2) is 87.1 Å². The number of amides is 3. The van der Waals surface area contributed by atoms with Crippen molar-refractivity contribution in [3.63, 3.8) is 0 Å². The number of likely N-dealkylation sites (tertiary alicyclic amines) is 1. The summed E-state index contributed by atoms with van der Waals surface area (Å²) in [6, 6.07) is 11.4. The highest BCUT2D eigenvalue weighted by Crippen LogP contribution is 2.33. The first-order valence-electron chi connectivity index (χ1n) is 18.9. The summed E-state index contributed by atoms with van der Waals surface area (Å²) >= 11 is 1.04. The van der Waals surface area contributed by atoms with Crippen LogP contribution in [0.15, 0.2) is 53.9 Å². The van der Waals surface area contributed by atoms with Gasteiger partial charge in [0, 0.05) is 30.4 Å². The molecule has 3 unspecified atom stereocenters. The molecule has 11 nitrogen and oxygen atoms in total. The maximum atomic E-state index is 14.7. The average molecular weight is 762 g/mol. The maximum Gasteiger partial charge on any atom is 0.311 e. The molecule has 290 valence electrons. The largest absolute Gasteiger partial charge is 0.481 e. The number of fused-ring (bicyclic) bond motifs is 1. The second kappa shape index (κ2) is 18.2. The molecule has 2 aromatic carbocycles. The zero-order valence-corrected chi connectivity index (χ0v) is 32.5. The fourth-order valence-electron chi connectivity index (χ4n) is 7.58. The van der Waals surface area contributed by atoms with Crippen molar-refractivity contribution in [1.29, 1.82) is 0 Å². The third kappa shape index (κ3) is 9.78. The molecule has 5 rings (SSSR count). The summed E-state index contributed by atoms with van der Waals surface area (Å²) in [5.74, 6) is -4.17. The number of benzene rings is 2. The lowest BCUT2D eigenvalue weighted by Gasteiger charge is -2.39. The van der Waals surface area contributed by atoms with Crippen LogP contribution in [0.2, 0.25) is 0 Å². The molecule has 0 radical (unpaired) electrons. The number of carbonyl (C=O) groups excluding carboxylic acids is 4. The van der Waals surface area contributed by atoms with Crippen molar-refractivity contribution in [1.82, 2.24) is 25.4 Å². The molecular formula is C41H52FN5O6S. The van der Waals surface area contributed by atoms with Gasteiger partial charge in [0.2, 0.25) is 11.8 Å². The highest BCUT2D eigenvalue weighted by atomic mass is 32.1. The lowest BCUT2D eigenvalue weighted by atomic mass is 9.80. The molecule has 2 aliphatic rings. The summed E-state index contributed by atoms with van der Waals surface area (Å²) in [5.41, 5.74) is 1.98. The zero-order chi connectivity index (χ0) is 39.1. The lowest BCUT2D eigenvalue weighted by Crippen LogP contribution is -2.58. The Bertz CT molecular complexity index is 1820. The summed E-state index contributed by atoms with van der Waals surface area (Å²) in [7, 11) is 1.94. The molecule has 0 bridgehead atoms. The number of piperidine rings is 1. The Balaban J connectivity index is 1.34. The van der Waals surface area contributed by atoms with E-state index in [0.29, 0.717) is 24.0 Å². The van der Waals surface area contributed by atoms with Crippen molar-refractivity contribution in [2.45, 2.75) is 109 Å². The van der Waals surface area contributed by atoms with Crippen LogP contribution in [-0.2, 0) is 27.3 Å². The molecule has 1 aliphatic heterocycles. The monoisotopic (exact) mass is 761 g/mol. The number of carboxylic acids is 1. The van der Waals surface area contributed by atoms with E-state index < -0.39 is 41.7 Å². The quantitative estimate of drug-likeness (QED) is 0.164. The van der Waals surface area contributed by atoms with Gasteiger partial charge in [0.1, 0.15) is 17.6 Å². The first kappa shape index (κ1) is 40.7. The highest BCUT2D eigenvalue weighted by Gasteiger charge is 2.38. The van der Waals surface area contributed by atoms with E-state index in [2.05, 4.69) is 15.6 Å². The smallest absolute Gasteiger partial charge is 0.311 e. The number of ketones is 1. The van der Waals surface area contributed by atoms with Crippen LogP contribution in [0.1, 0.15) is 109 Å². The summed E-state index contributed by atoms with van der Waals surface area (Å²) in [6.07, 6.45) is 3.74. The Morgan fingerprint density at radius 1 is 1.07 bits per heavy atom. The number of nitrogens with one attached hydrogen (secondary N) is 2. The van der Waals surface area contributed by atoms with Crippen LogP contribution in [0, 0.1) is 17.7 Å². The topological polar surface area (TPSA) is 149 Å². The number of likely N-dealkylation sites (N-methyl/N-ethyl adjacent to an activating group) is 1. The van der Waals surface area contributed by atoms with Crippen molar-refractivity contribution in [3.8, 4) is 0 Å². The third-order valence-electron chi connectivity index (χ3n) is 11.0. The van der Waals surface area contributed by atoms with E-state index in [1.807, 2.05) is 70.0 Å². The molecule has 1 aliphatic carbocycles. The van der Waals surface area contributed by atoms with Gasteiger partial charge in [0.15, 0.2) is 10.8 Å². The molecule has 13 heteroatoms.